The van der Waals surface area contributed by atoms with Crippen LogP contribution < -0.4 is 11.1 Å². The van der Waals surface area contributed by atoms with Crippen molar-refractivity contribution >= 4 is 17.5 Å². The molecule has 24 heavy (non-hydrogen) atoms. The molecule has 0 radical (unpaired) electrons. The Labute approximate surface area is 143 Å². The quantitative estimate of drug-likeness (QED) is 0.890. The highest BCUT2D eigenvalue weighted by molar-refractivity contribution is 5.94. The SMILES string of the molecule is Cc1cccc(C)c1NC(=O)CN1[C@@H]2CCCC[C@@H]2C[C@H]1C(N)=O. The maximum absolute atomic E-state index is 12.6. The second-order valence-electron chi connectivity index (χ2n) is 7.25. The lowest BCUT2D eigenvalue weighted by atomic mass is 9.84. The molecule has 0 aromatic heterocycles. The van der Waals surface area contributed by atoms with Crippen molar-refractivity contribution in [2.24, 2.45) is 11.7 Å². The predicted octanol–water partition coefficient (Wildman–Crippen LogP) is 2.36. The van der Waals surface area contributed by atoms with E-state index in [0.717, 1.165) is 36.1 Å². The molecule has 0 bridgehead atoms. The number of carbonyl (C=O) groups is 2. The van der Waals surface area contributed by atoms with Crippen molar-refractivity contribution in [1.82, 2.24) is 4.90 Å². The van der Waals surface area contributed by atoms with Gasteiger partial charge >= 0.3 is 0 Å². The summed E-state index contributed by atoms with van der Waals surface area (Å²) in [4.78, 5) is 26.5. The maximum atomic E-state index is 12.6. The number of benzene rings is 1. The standard InChI is InChI=1S/C19H27N3O2/c1-12-6-5-7-13(2)18(12)21-17(23)11-22-15-9-4-3-8-14(15)10-16(22)19(20)24/h5-7,14-16H,3-4,8-11H2,1-2H3,(H2,20,24)(H,21,23)/t14-,15-,16+/m1/s1. The van der Waals surface area contributed by atoms with Gasteiger partial charge in [0.25, 0.3) is 0 Å². The molecule has 1 aliphatic heterocycles. The maximum Gasteiger partial charge on any atom is 0.238 e. The number of nitrogens with one attached hydrogen (secondary N) is 1. The fourth-order valence-corrected chi connectivity index (χ4v) is 4.42. The van der Waals surface area contributed by atoms with E-state index in [4.69, 9.17) is 5.73 Å². The summed E-state index contributed by atoms with van der Waals surface area (Å²) in [7, 11) is 0. The Morgan fingerprint density at radius 2 is 1.88 bits per heavy atom. The highest BCUT2D eigenvalue weighted by Crippen LogP contribution is 2.39. The highest BCUT2D eigenvalue weighted by Gasteiger charge is 2.44. The van der Waals surface area contributed by atoms with E-state index in [0.29, 0.717) is 12.0 Å². The van der Waals surface area contributed by atoms with E-state index in [1.807, 2.05) is 32.0 Å². The molecule has 1 saturated carbocycles. The molecule has 5 nitrogen and oxygen atoms in total. The van der Waals surface area contributed by atoms with Gasteiger partial charge in [0.2, 0.25) is 11.8 Å². The van der Waals surface area contributed by atoms with E-state index in [2.05, 4.69) is 10.2 Å². The summed E-state index contributed by atoms with van der Waals surface area (Å²) in [5, 5.41) is 3.03. The molecule has 1 heterocycles. The van der Waals surface area contributed by atoms with Gasteiger partial charge in [-0.25, -0.2) is 0 Å². The fourth-order valence-electron chi connectivity index (χ4n) is 4.42. The Bertz CT molecular complexity index is 623. The van der Waals surface area contributed by atoms with Gasteiger partial charge in [-0.2, -0.15) is 0 Å². The fraction of sp³-hybridized carbons (Fsp3) is 0.579. The van der Waals surface area contributed by atoms with Gasteiger partial charge in [-0.15, -0.1) is 0 Å². The second-order valence-corrected chi connectivity index (χ2v) is 7.25. The minimum Gasteiger partial charge on any atom is -0.368 e. The van der Waals surface area contributed by atoms with Gasteiger partial charge in [-0.3, -0.25) is 14.5 Å². The number of nitrogens with zero attached hydrogens (tertiary/aromatic N) is 1. The lowest BCUT2D eigenvalue weighted by Crippen LogP contribution is -2.48. The van der Waals surface area contributed by atoms with Crippen LogP contribution in [0.1, 0.15) is 43.2 Å². The van der Waals surface area contributed by atoms with E-state index in [9.17, 15) is 9.59 Å². The Morgan fingerprint density at radius 3 is 2.54 bits per heavy atom. The average Bonchev–Trinajstić information content (AvgIpc) is 2.90. The summed E-state index contributed by atoms with van der Waals surface area (Å²) in [6.45, 7) is 4.21. The van der Waals surface area contributed by atoms with Crippen LogP contribution in [-0.4, -0.2) is 35.3 Å². The van der Waals surface area contributed by atoms with Crippen LogP contribution >= 0.6 is 0 Å². The zero-order valence-corrected chi connectivity index (χ0v) is 14.5. The molecular formula is C19H27N3O2. The first kappa shape index (κ1) is 17.0. The van der Waals surface area contributed by atoms with Crippen molar-refractivity contribution in [3.05, 3.63) is 29.3 Å². The number of primary amides is 1. The summed E-state index contributed by atoms with van der Waals surface area (Å²) in [6.07, 6.45) is 5.39. The molecular weight excluding hydrogens is 302 g/mol. The number of nitrogens with two attached hydrogens (primary N) is 1. The number of para-hydroxylation sites is 1. The van der Waals surface area contributed by atoms with Gasteiger partial charge in [-0.05, 0) is 50.2 Å². The van der Waals surface area contributed by atoms with Crippen molar-refractivity contribution < 1.29 is 9.59 Å². The number of aryl methyl sites for hydroxylation is 2. The lowest BCUT2D eigenvalue weighted by Gasteiger charge is -2.32. The zero-order valence-electron chi connectivity index (χ0n) is 14.5. The van der Waals surface area contributed by atoms with Crippen LogP contribution in [-0.2, 0) is 9.59 Å². The Hall–Kier alpha value is -1.88. The average molecular weight is 329 g/mol. The van der Waals surface area contributed by atoms with Crippen LogP contribution in [0.3, 0.4) is 0 Å². The van der Waals surface area contributed by atoms with Crippen LogP contribution in [0.4, 0.5) is 5.69 Å². The minimum absolute atomic E-state index is 0.0649. The predicted molar refractivity (Wildman–Crippen MR) is 94.6 cm³/mol. The van der Waals surface area contributed by atoms with Crippen LogP contribution in [0.2, 0.25) is 0 Å². The van der Waals surface area contributed by atoms with Gasteiger partial charge in [0, 0.05) is 11.7 Å². The van der Waals surface area contributed by atoms with Gasteiger partial charge < -0.3 is 11.1 Å². The summed E-state index contributed by atoms with van der Waals surface area (Å²) in [6, 6.07) is 5.97. The van der Waals surface area contributed by atoms with Crippen LogP contribution in [0.25, 0.3) is 0 Å². The molecule has 3 rings (SSSR count). The van der Waals surface area contributed by atoms with Crippen molar-refractivity contribution in [1.29, 1.82) is 0 Å². The molecule has 3 atom stereocenters. The second kappa shape index (κ2) is 6.93. The molecule has 0 unspecified atom stereocenters. The molecule has 1 aromatic rings. The molecule has 130 valence electrons. The first-order valence-electron chi connectivity index (χ1n) is 8.88. The molecule has 1 saturated heterocycles. The molecule has 2 aliphatic rings. The molecule has 2 amide bonds. The molecule has 3 N–H and O–H groups in total. The highest BCUT2D eigenvalue weighted by atomic mass is 16.2. The number of rotatable bonds is 4. The summed E-state index contributed by atoms with van der Waals surface area (Å²) in [5.41, 5.74) is 8.58. The van der Waals surface area contributed by atoms with E-state index in [-0.39, 0.29) is 24.4 Å². The summed E-state index contributed by atoms with van der Waals surface area (Å²) < 4.78 is 0. The van der Waals surface area contributed by atoms with Crippen LogP contribution in [0, 0.1) is 19.8 Å². The van der Waals surface area contributed by atoms with E-state index >= 15 is 0 Å². The van der Waals surface area contributed by atoms with Gasteiger partial charge in [-0.1, -0.05) is 31.0 Å². The molecule has 1 aromatic carbocycles. The third-order valence-corrected chi connectivity index (χ3v) is 5.62. The van der Waals surface area contributed by atoms with E-state index in [1.165, 1.54) is 12.8 Å². The molecule has 2 fully saturated rings. The first-order chi connectivity index (χ1) is 11.5. The number of carbonyl (C=O) groups excluding carboxylic acids is 2. The van der Waals surface area contributed by atoms with Crippen LogP contribution in [0.5, 0.6) is 0 Å². The normalized spacial score (nSPS) is 26.8. The third kappa shape index (κ3) is 3.31. The number of hydrogen-bond donors (Lipinski definition) is 2. The lowest BCUT2D eigenvalue weighted by molar-refractivity contribution is -0.124. The van der Waals surface area contributed by atoms with Crippen molar-refractivity contribution in [2.45, 2.75) is 58.0 Å². The Morgan fingerprint density at radius 1 is 1.21 bits per heavy atom. The van der Waals surface area contributed by atoms with Crippen molar-refractivity contribution in [2.75, 3.05) is 11.9 Å². The van der Waals surface area contributed by atoms with Crippen molar-refractivity contribution in [3.8, 4) is 0 Å². The Balaban J connectivity index is 1.73. The number of likely N-dealkylation sites (tertiary alicyclic amines) is 1. The summed E-state index contributed by atoms with van der Waals surface area (Å²) >= 11 is 0. The first-order valence-corrected chi connectivity index (χ1v) is 8.88. The number of hydrogen-bond acceptors (Lipinski definition) is 3. The Kier molecular flexibility index (Phi) is 4.90. The zero-order chi connectivity index (χ0) is 17.3. The molecule has 1 aliphatic carbocycles. The number of amides is 2. The van der Waals surface area contributed by atoms with Gasteiger partial charge in [0.1, 0.15) is 0 Å². The number of anilines is 1. The third-order valence-electron chi connectivity index (χ3n) is 5.62. The largest absolute Gasteiger partial charge is 0.368 e. The topological polar surface area (TPSA) is 75.4 Å². The summed E-state index contributed by atoms with van der Waals surface area (Å²) in [5.74, 6) is 0.137. The number of fused-ring (bicyclic) bond motifs is 1. The smallest absolute Gasteiger partial charge is 0.238 e. The van der Waals surface area contributed by atoms with Gasteiger partial charge in [0.15, 0.2) is 0 Å². The van der Waals surface area contributed by atoms with E-state index in [1.54, 1.807) is 0 Å². The van der Waals surface area contributed by atoms with Gasteiger partial charge in [0.05, 0.1) is 12.6 Å². The molecule has 5 heteroatoms. The van der Waals surface area contributed by atoms with E-state index < -0.39 is 0 Å². The van der Waals surface area contributed by atoms with Crippen molar-refractivity contribution in [3.63, 3.8) is 0 Å². The van der Waals surface area contributed by atoms with Crippen LogP contribution in [0.15, 0.2) is 18.2 Å². The molecule has 0 spiro atoms. The minimum atomic E-state index is -0.304. The monoisotopic (exact) mass is 329 g/mol.